The lowest BCUT2D eigenvalue weighted by molar-refractivity contribution is -0.144. The molecule has 0 radical (unpaired) electrons. The highest BCUT2D eigenvalue weighted by Crippen LogP contribution is 1.86. The average Bonchev–Trinajstić information content (AvgIpc) is 2.02. The van der Waals surface area contributed by atoms with Gasteiger partial charge in [-0.15, -0.1) is 0 Å². The second kappa shape index (κ2) is 4.71. The molecule has 0 saturated carbocycles. The number of ether oxygens (including phenoxy) is 1. The molecule has 0 aliphatic rings. The maximum absolute atomic E-state index is 10.9. The Hall–Kier alpha value is -1.10. The van der Waals surface area contributed by atoms with Crippen molar-refractivity contribution < 1.29 is 14.3 Å². The molecule has 0 aromatic carbocycles. The van der Waals surface area contributed by atoms with Gasteiger partial charge in [0, 0.05) is 0 Å². The van der Waals surface area contributed by atoms with Crippen LogP contribution in [0.4, 0.5) is 0 Å². The number of rotatable bonds is 3. The van der Waals surface area contributed by atoms with Crippen molar-refractivity contribution in [2.45, 2.75) is 25.9 Å². The number of carbonyl (C=O) groups excluding carboxylic acids is 2. The van der Waals surface area contributed by atoms with Crippen molar-refractivity contribution in [3.05, 3.63) is 0 Å². The lowest BCUT2D eigenvalue weighted by Gasteiger charge is -2.12. The van der Waals surface area contributed by atoms with Crippen LogP contribution in [0.5, 0.6) is 0 Å². The lowest BCUT2D eigenvalue weighted by atomic mass is 10.3. The van der Waals surface area contributed by atoms with Crippen molar-refractivity contribution >= 4 is 11.9 Å². The maximum atomic E-state index is 10.9. The minimum Gasteiger partial charge on any atom is -0.467 e. The fraction of sp³-hybridized carbons (Fsp3) is 0.714. The summed E-state index contributed by atoms with van der Waals surface area (Å²) in [5.41, 5.74) is 5.26. The Bertz CT molecular complexity index is 179. The monoisotopic (exact) mass is 174 g/mol. The Kier molecular flexibility index (Phi) is 4.28. The molecular weight excluding hydrogens is 160 g/mol. The summed E-state index contributed by atoms with van der Waals surface area (Å²) < 4.78 is 4.40. The van der Waals surface area contributed by atoms with Crippen LogP contribution in [0.25, 0.3) is 0 Å². The van der Waals surface area contributed by atoms with E-state index in [2.05, 4.69) is 10.1 Å². The van der Waals surface area contributed by atoms with E-state index in [-0.39, 0.29) is 5.91 Å². The zero-order chi connectivity index (χ0) is 9.72. The third-order valence-electron chi connectivity index (χ3n) is 1.33. The second-order valence-corrected chi connectivity index (χ2v) is 2.54. The van der Waals surface area contributed by atoms with E-state index in [1.54, 1.807) is 6.92 Å². The number of nitrogens with two attached hydrogens (primary N) is 1. The minimum atomic E-state index is -0.645. The number of methoxy groups -OCH3 is 1. The normalized spacial score (nSPS) is 14.7. The molecule has 0 bridgehead atoms. The van der Waals surface area contributed by atoms with Gasteiger partial charge in [0.2, 0.25) is 5.91 Å². The number of nitrogens with one attached hydrogen (secondary N) is 1. The summed E-state index contributed by atoms with van der Waals surface area (Å²) in [7, 11) is 1.26. The Morgan fingerprint density at radius 2 is 1.92 bits per heavy atom. The van der Waals surface area contributed by atoms with E-state index >= 15 is 0 Å². The number of hydrogen-bond acceptors (Lipinski definition) is 4. The minimum absolute atomic E-state index is 0.368. The van der Waals surface area contributed by atoms with Crippen molar-refractivity contribution in [3.63, 3.8) is 0 Å². The van der Waals surface area contributed by atoms with Crippen LogP contribution in [0.1, 0.15) is 13.8 Å². The van der Waals surface area contributed by atoms with Crippen LogP contribution in [0.3, 0.4) is 0 Å². The third kappa shape index (κ3) is 3.34. The Labute approximate surface area is 71.3 Å². The standard InChI is InChI=1S/C7H14N2O3/c1-4(8)6(10)9-5(2)7(11)12-3/h4-5H,8H2,1-3H3,(H,9,10)/t4-,5+/m1/s1. The lowest BCUT2D eigenvalue weighted by Crippen LogP contribution is -2.46. The molecule has 0 rings (SSSR count). The Morgan fingerprint density at radius 1 is 1.42 bits per heavy atom. The Balaban J connectivity index is 3.92. The number of hydrogen-bond donors (Lipinski definition) is 2. The molecule has 12 heavy (non-hydrogen) atoms. The highest BCUT2D eigenvalue weighted by atomic mass is 16.5. The van der Waals surface area contributed by atoms with E-state index in [9.17, 15) is 9.59 Å². The van der Waals surface area contributed by atoms with E-state index in [4.69, 9.17) is 5.73 Å². The molecule has 3 N–H and O–H groups in total. The molecule has 0 aromatic heterocycles. The molecule has 0 aliphatic carbocycles. The summed E-state index contributed by atoms with van der Waals surface area (Å²) in [6, 6.07) is -1.26. The quantitative estimate of drug-likeness (QED) is 0.538. The van der Waals surface area contributed by atoms with Gasteiger partial charge in [0.15, 0.2) is 0 Å². The van der Waals surface area contributed by atoms with Crippen molar-refractivity contribution in [2.24, 2.45) is 5.73 Å². The zero-order valence-electron chi connectivity index (χ0n) is 7.46. The summed E-state index contributed by atoms with van der Waals surface area (Å²) in [5, 5.41) is 2.39. The van der Waals surface area contributed by atoms with Crippen molar-refractivity contribution in [3.8, 4) is 0 Å². The first-order chi connectivity index (χ1) is 5.49. The number of amides is 1. The largest absolute Gasteiger partial charge is 0.467 e. The maximum Gasteiger partial charge on any atom is 0.328 e. The van der Waals surface area contributed by atoms with Gasteiger partial charge in [-0.3, -0.25) is 4.79 Å². The van der Waals surface area contributed by atoms with Gasteiger partial charge >= 0.3 is 5.97 Å². The summed E-state index contributed by atoms with van der Waals surface area (Å²) in [6.07, 6.45) is 0. The van der Waals surface area contributed by atoms with E-state index in [1.165, 1.54) is 14.0 Å². The first-order valence-electron chi connectivity index (χ1n) is 3.62. The summed E-state index contributed by atoms with van der Waals surface area (Å²) in [4.78, 5) is 21.7. The highest BCUT2D eigenvalue weighted by molar-refractivity contribution is 5.86. The first-order valence-corrected chi connectivity index (χ1v) is 3.62. The first kappa shape index (κ1) is 10.9. The highest BCUT2D eigenvalue weighted by Gasteiger charge is 2.17. The van der Waals surface area contributed by atoms with E-state index in [1.807, 2.05) is 0 Å². The molecule has 5 nitrogen and oxygen atoms in total. The van der Waals surface area contributed by atoms with Crippen LogP contribution in [-0.4, -0.2) is 31.1 Å². The Morgan fingerprint density at radius 3 is 2.25 bits per heavy atom. The molecule has 0 spiro atoms. The molecule has 0 fully saturated rings. The predicted octanol–water partition coefficient (Wildman–Crippen LogP) is -0.989. The fourth-order valence-electron chi connectivity index (χ4n) is 0.581. The van der Waals surface area contributed by atoms with Crippen LogP contribution in [0.2, 0.25) is 0 Å². The number of carbonyl (C=O) groups is 2. The van der Waals surface area contributed by atoms with Gasteiger partial charge in [-0.2, -0.15) is 0 Å². The molecule has 5 heteroatoms. The summed E-state index contributed by atoms with van der Waals surface area (Å²) in [5.74, 6) is -0.850. The van der Waals surface area contributed by atoms with Crippen LogP contribution in [0.15, 0.2) is 0 Å². The molecule has 0 aromatic rings. The van der Waals surface area contributed by atoms with Gasteiger partial charge in [0.05, 0.1) is 13.2 Å². The van der Waals surface area contributed by atoms with Crippen LogP contribution < -0.4 is 11.1 Å². The topological polar surface area (TPSA) is 81.4 Å². The molecule has 0 aliphatic heterocycles. The molecule has 0 unspecified atom stereocenters. The van der Waals surface area contributed by atoms with E-state index in [0.29, 0.717) is 0 Å². The van der Waals surface area contributed by atoms with Gasteiger partial charge < -0.3 is 15.8 Å². The average molecular weight is 174 g/mol. The number of esters is 1. The molecule has 0 heterocycles. The molecule has 0 saturated heterocycles. The van der Waals surface area contributed by atoms with Gasteiger partial charge in [0.25, 0.3) is 0 Å². The zero-order valence-corrected chi connectivity index (χ0v) is 7.46. The van der Waals surface area contributed by atoms with Crippen LogP contribution in [0, 0.1) is 0 Å². The SMILES string of the molecule is COC(=O)[C@H](C)NC(=O)[C@@H](C)N. The van der Waals surface area contributed by atoms with Crippen molar-refractivity contribution in [2.75, 3.05) is 7.11 Å². The van der Waals surface area contributed by atoms with Gasteiger partial charge in [-0.1, -0.05) is 0 Å². The third-order valence-corrected chi connectivity index (χ3v) is 1.33. The molecular formula is C7H14N2O3. The van der Waals surface area contributed by atoms with Gasteiger partial charge in [0.1, 0.15) is 6.04 Å². The predicted molar refractivity (Wildman–Crippen MR) is 43.3 cm³/mol. The molecule has 2 atom stereocenters. The van der Waals surface area contributed by atoms with E-state index in [0.717, 1.165) is 0 Å². The second-order valence-electron chi connectivity index (χ2n) is 2.54. The van der Waals surface area contributed by atoms with Gasteiger partial charge in [-0.05, 0) is 13.8 Å². The molecule has 70 valence electrons. The van der Waals surface area contributed by atoms with Crippen molar-refractivity contribution in [1.82, 2.24) is 5.32 Å². The summed E-state index contributed by atoms with van der Waals surface area (Å²) in [6.45, 7) is 3.07. The fourth-order valence-corrected chi connectivity index (χ4v) is 0.581. The van der Waals surface area contributed by atoms with Crippen LogP contribution in [-0.2, 0) is 14.3 Å². The smallest absolute Gasteiger partial charge is 0.328 e. The van der Waals surface area contributed by atoms with Gasteiger partial charge in [-0.25, -0.2) is 4.79 Å². The van der Waals surface area contributed by atoms with Crippen molar-refractivity contribution in [1.29, 1.82) is 0 Å². The summed E-state index contributed by atoms with van der Waals surface area (Å²) >= 11 is 0. The van der Waals surface area contributed by atoms with Crippen LogP contribution >= 0.6 is 0 Å². The van der Waals surface area contributed by atoms with E-state index < -0.39 is 18.1 Å². The molecule has 1 amide bonds.